The highest BCUT2D eigenvalue weighted by atomic mass is 16.5. The summed E-state index contributed by atoms with van der Waals surface area (Å²) in [6.07, 6.45) is 0.355. The third-order valence-electron chi connectivity index (χ3n) is 5.13. The smallest absolute Gasteiger partial charge is 0.201 e. The highest BCUT2D eigenvalue weighted by Crippen LogP contribution is 2.44. The zero-order valence-electron chi connectivity index (χ0n) is 14.0. The molecule has 2 N–H and O–H groups in total. The van der Waals surface area contributed by atoms with Crippen molar-refractivity contribution >= 4 is 11.6 Å². The van der Waals surface area contributed by atoms with Gasteiger partial charge in [-0.25, -0.2) is 0 Å². The van der Waals surface area contributed by atoms with Gasteiger partial charge in [0, 0.05) is 11.1 Å². The first-order valence-electron chi connectivity index (χ1n) is 8.27. The minimum absolute atomic E-state index is 0.0330. The van der Waals surface area contributed by atoms with E-state index in [0.717, 1.165) is 5.56 Å². The summed E-state index contributed by atoms with van der Waals surface area (Å²) in [5.41, 5.74) is 1.73. The number of carbonyl (C=O) groups excluding carboxylic acids is 2. The molecule has 2 atom stereocenters. The molecule has 0 radical (unpaired) electrons. The second-order valence-electron chi connectivity index (χ2n) is 6.82. The molecular weight excluding hydrogens is 320 g/mol. The molecule has 25 heavy (non-hydrogen) atoms. The van der Waals surface area contributed by atoms with Crippen molar-refractivity contribution in [2.45, 2.75) is 25.9 Å². The van der Waals surface area contributed by atoms with Gasteiger partial charge in [0.1, 0.15) is 11.5 Å². The lowest BCUT2D eigenvalue weighted by Crippen LogP contribution is -2.27. The van der Waals surface area contributed by atoms with E-state index < -0.39 is 11.9 Å². The third-order valence-corrected chi connectivity index (χ3v) is 5.13. The Hall–Kier alpha value is -2.66. The molecule has 128 valence electrons. The molecular formula is C20H18O5. The topological polar surface area (TPSA) is 83.8 Å². The van der Waals surface area contributed by atoms with Gasteiger partial charge in [-0.2, -0.15) is 0 Å². The molecule has 2 aromatic carbocycles. The molecule has 0 saturated carbocycles. The Morgan fingerprint density at radius 3 is 2.60 bits per heavy atom. The summed E-state index contributed by atoms with van der Waals surface area (Å²) < 4.78 is 5.23. The van der Waals surface area contributed by atoms with Gasteiger partial charge in [0.15, 0.2) is 5.78 Å². The summed E-state index contributed by atoms with van der Waals surface area (Å²) in [5, 5.41) is 21.0. The minimum atomic E-state index is -0.822. The van der Waals surface area contributed by atoms with E-state index in [1.54, 1.807) is 18.2 Å². The maximum atomic E-state index is 13.1. The van der Waals surface area contributed by atoms with Gasteiger partial charge in [-0.05, 0) is 42.0 Å². The molecule has 0 aromatic heterocycles. The van der Waals surface area contributed by atoms with Gasteiger partial charge in [-0.15, -0.1) is 0 Å². The fourth-order valence-electron chi connectivity index (χ4n) is 4.10. The molecule has 5 heteroatoms. The molecule has 0 spiro atoms. The number of aromatic hydroxyl groups is 1. The van der Waals surface area contributed by atoms with Crippen molar-refractivity contribution in [1.29, 1.82) is 0 Å². The van der Waals surface area contributed by atoms with Crippen LogP contribution >= 0.6 is 0 Å². The quantitative estimate of drug-likeness (QED) is 0.713. The fourth-order valence-corrected chi connectivity index (χ4v) is 4.10. The molecule has 0 fully saturated rings. The maximum Gasteiger partial charge on any atom is 0.201 e. The van der Waals surface area contributed by atoms with Crippen molar-refractivity contribution in [3.05, 3.63) is 57.6 Å². The number of aliphatic hydroxyl groups is 1. The Kier molecular flexibility index (Phi) is 3.44. The summed E-state index contributed by atoms with van der Waals surface area (Å²) in [6.45, 7) is 2.01. The summed E-state index contributed by atoms with van der Waals surface area (Å²) in [7, 11) is 1.43. The van der Waals surface area contributed by atoms with Crippen molar-refractivity contribution < 1.29 is 24.5 Å². The molecule has 0 saturated heterocycles. The lowest BCUT2D eigenvalue weighted by Gasteiger charge is -2.31. The summed E-state index contributed by atoms with van der Waals surface area (Å²) in [4.78, 5) is 26.2. The normalized spacial score (nSPS) is 21.4. The van der Waals surface area contributed by atoms with Gasteiger partial charge in [0.2, 0.25) is 5.78 Å². The van der Waals surface area contributed by atoms with Gasteiger partial charge in [0.05, 0.1) is 24.3 Å². The Morgan fingerprint density at radius 2 is 1.88 bits per heavy atom. The van der Waals surface area contributed by atoms with Crippen LogP contribution in [0.1, 0.15) is 62.4 Å². The van der Waals surface area contributed by atoms with Crippen LogP contribution in [0, 0.1) is 5.92 Å². The zero-order valence-corrected chi connectivity index (χ0v) is 14.0. The van der Waals surface area contributed by atoms with Crippen LogP contribution in [-0.2, 0) is 6.42 Å². The fraction of sp³-hybridized carbons (Fsp3) is 0.300. The molecule has 0 aliphatic heterocycles. The number of ether oxygens (including phenoxy) is 1. The summed E-state index contributed by atoms with van der Waals surface area (Å²) in [6, 6.07) is 6.36. The Bertz CT molecular complexity index is 928. The van der Waals surface area contributed by atoms with E-state index in [0.29, 0.717) is 24.2 Å². The standard InChI is InChI=1S/C20H18O5/c1-9-6-10-8-13(22)17-18(15(10)12(21)7-9)19(23)11-4-3-5-14(25-2)16(11)20(17)24/h3-5,8-9,12,21-22H,6-7H2,1-2H3. The van der Waals surface area contributed by atoms with Crippen LogP contribution in [0.3, 0.4) is 0 Å². The van der Waals surface area contributed by atoms with E-state index in [4.69, 9.17) is 4.74 Å². The second-order valence-corrected chi connectivity index (χ2v) is 6.82. The number of phenolic OH excluding ortho intramolecular Hbond substituents is 1. The van der Waals surface area contributed by atoms with E-state index in [2.05, 4.69) is 0 Å². The first kappa shape index (κ1) is 15.8. The molecule has 0 bridgehead atoms. The lowest BCUT2D eigenvalue weighted by atomic mass is 9.73. The van der Waals surface area contributed by atoms with Crippen molar-refractivity contribution in [3.63, 3.8) is 0 Å². The Labute approximate surface area is 144 Å². The number of hydrogen-bond donors (Lipinski definition) is 2. The molecule has 2 unspecified atom stereocenters. The van der Waals surface area contributed by atoms with Gasteiger partial charge >= 0.3 is 0 Å². The lowest BCUT2D eigenvalue weighted by molar-refractivity contribution is 0.0960. The Morgan fingerprint density at radius 1 is 1.12 bits per heavy atom. The number of carbonyl (C=O) groups is 2. The van der Waals surface area contributed by atoms with E-state index in [1.165, 1.54) is 13.2 Å². The zero-order chi connectivity index (χ0) is 17.9. The Balaban J connectivity index is 2.05. The van der Waals surface area contributed by atoms with E-state index in [1.807, 2.05) is 6.92 Å². The molecule has 5 nitrogen and oxygen atoms in total. The number of ketones is 2. The number of hydrogen-bond acceptors (Lipinski definition) is 5. The number of phenols is 1. The number of aliphatic hydroxyl groups excluding tert-OH is 1. The summed E-state index contributed by atoms with van der Waals surface area (Å²) in [5.74, 6) is -0.489. The molecule has 2 aromatic rings. The minimum Gasteiger partial charge on any atom is -0.507 e. The van der Waals surface area contributed by atoms with Crippen molar-refractivity contribution in [2.75, 3.05) is 7.11 Å². The highest BCUT2D eigenvalue weighted by Gasteiger charge is 2.40. The molecule has 0 heterocycles. The summed E-state index contributed by atoms with van der Waals surface area (Å²) >= 11 is 0. The van der Waals surface area contributed by atoms with Crippen molar-refractivity contribution in [3.8, 4) is 11.5 Å². The van der Waals surface area contributed by atoms with Crippen LogP contribution < -0.4 is 4.74 Å². The van der Waals surface area contributed by atoms with Crippen molar-refractivity contribution in [1.82, 2.24) is 0 Å². The third kappa shape index (κ3) is 2.12. The molecule has 4 rings (SSSR count). The predicted molar refractivity (Wildman–Crippen MR) is 90.4 cm³/mol. The van der Waals surface area contributed by atoms with Gasteiger partial charge in [-0.3, -0.25) is 9.59 Å². The first-order valence-corrected chi connectivity index (χ1v) is 8.27. The van der Waals surface area contributed by atoms with E-state index >= 15 is 0 Å². The second kappa shape index (κ2) is 5.43. The van der Waals surface area contributed by atoms with Crippen molar-refractivity contribution in [2.24, 2.45) is 5.92 Å². The van der Waals surface area contributed by atoms with Gasteiger partial charge < -0.3 is 14.9 Å². The molecule has 0 amide bonds. The monoisotopic (exact) mass is 338 g/mol. The maximum absolute atomic E-state index is 13.1. The van der Waals surface area contributed by atoms with E-state index in [-0.39, 0.29) is 39.7 Å². The number of fused-ring (bicyclic) bond motifs is 4. The largest absolute Gasteiger partial charge is 0.507 e. The van der Waals surface area contributed by atoms with Crippen LogP contribution in [-0.4, -0.2) is 28.9 Å². The predicted octanol–water partition coefficient (Wildman–Crippen LogP) is 2.79. The average molecular weight is 338 g/mol. The van der Waals surface area contributed by atoms with Crippen LogP contribution in [0.2, 0.25) is 0 Å². The number of benzene rings is 2. The number of rotatable bonds is 1. The highest BCUT2D eigenvalue weighted by molar-refractivity contribution is 6.30. The van der Waals surface area contributed by atoms with Crippen LogP contribution in [0.15, 0.2) is 24.3 Å². The number of methoxy groups -OCH3 is 1. The van der Waals surface area contributed by atoms with Crippen LogP contribution in [0.4, 0.5) is 0 Å². The van der Waals surface area contributed by atoms with Crippen LogP contribution in [0.25, 0.3) is 0 Å². The SMILES string of the molecule is COc1cccc2c1C(=O)c1c(O)cc3c(c1C2=O)C(O)CC(C)C3. The average Bonchev–Trinajstić information content (AvgIpc) is 2.57. The first-order chi connectivity index (χ1) is 11.9. The molecule has 2 aliphatic rings. The molecule has 2 aliphatic carbocycles. The van der Waals surface area contributed by atoms with Crippen LogP contribution in [0.5, 0.6) is 11.5 Å². The van der Waals surface area contributed by atoms with E-state index in [9.17, 15) is 19.8 Å². The van der Waals surface area contributed by atoms with Gasteiger partial charge in [0.25, 0.3) is 0 Å². The van der Waals surface area contributed by atoms with Gasteiger partial charge in [-0.1, -0.05) is 19.1 Å².